The van der Waals surface area contributed by atoms with Gasteiger partial charge in [0.05, 0.1) is 12.6 Å². The molecular formula is C12H21N3O. The van der Waals surface area contributed by atoms with E-state index in [2.05, 4.69) is 15.3 Å². The molecular weight excluding hydrogens is 202 g/mol. The third-order valence-corrected chi connectivity index (χ3v) is 3.39. The Hall–Kier alpha value is -0.870. The first-order valence-electron chi connectivity index (χ1n) is 6.23. The van der Waals surface area contributed by atoms with Crippen molar-refractivity contribution in [2.75, 3.05) is 6.54 Å². The van der Waals surface area contributed by atoms with Gasteiger partial charge in [-0.3, -0.25) is 0 Å². The van der Waals surface area contributed by atoms with Gasteiger partial charge in [0.25, 0.3) is 0 Å². The molecule has 2 rings (SSSR count). The molecule has 0 amide bonds. The number of imidazole rings is 1. The third-order valence-electron chi connectivity index (χ3n) is 3.39. The Morgan fingerprint density at radius 3 is 2.94 bits per heavy atom. The molecule has 1 aliphatic rings. The summed E-state index contributed by atoms with van der Waals surface area (Å²) >= 11 is 0. The Morgan fingerprint density at radius 1 is 1.44 bits per heavy atom. The van der Waals surface area contributed by atoms with Gasteiger partial charge in [0, 0.05) is 18.9 Å². The molecule has 1 atom stereocenters. The van der Waals surface area contributed by atoms with Crippen LogP contribution in [0.1, 0.15) is 37.9 Å². The molecule has 0 radical (unpaired) electrons. The fourth-order valence-corrected chi connectivity index (χ4v) is 2.42. The number of aromatic nitrogens is 2. The summed E-state index contributed by atoms with van der Waals surface area (Å²) in [4.78, 5) is 7.16. The number of hydrogen-bond acceptors (Lipinski definition) is 3. The smallest absolute Gasteiger partial charge is 0.120 e. The largest absolute Gasteiger partial charge is 0.392 e. The highest BCUT2D eigenvalue weighted by molar-refractivity contribution is 4.86. The Morgan fingerprint density at radius 2 is 2.25 bits per heavy atom. The SMILES string of the molecule is OC(CNCc1ncc[nH]1)C1CCCCC1. The highest BCUT2D eigenvalue weighted by atomic mass is 16.3. The molecule has 1 aromatic rings. The standard InChI is InChI=1S/C12H21N3O/c16-11(10-4-2-1-3-5-10)8-13-9-12-14-6-7-15-12/h6-7,10-11,13,16H,1-5,8-9H2,(H,14,15). The van der Waals surface area contributed by atoms with Crippen LogP contribution in [-0.4, -0.2) is 27.7 Å². The molecule has 1 heterocycles. The van der Waals surface area contributed by atoms with E-state index >= 15 is 0 Å². The van der Waals surface area contributed by atoms with Crippen LogP contribution in [0.2, 0.25) is 0 Å². The molecule has 3 N–H and O–H groups in total. The molecule has 1 saturated carbocycles. The minimum absolute atomic E-state index is 0.199. The predicted molar refractivity (Wildman–Crippen MR) is 62.9 cm³/mol. The zero-order valence-electron chi connectivity index (χ0n) is 9.65. The van der Waals surface area contributed by atoms with Crippen LogP contribution in [0.4, 0.5) is 0 Å². The predicted octanol–water partition coefficient (Wildman–Crippen LogP) is 1.44. The number of hydrogen-bond donors (Lipinski definition) is 3. The van der Waals surface area contributed by atoms with E-state index in [1.165, 1.54) is 32.1 Å². The summed E-state index contributed by atoms with van der Waals surface area (Å²) in [6.07, 6.45) is 9.62. The fourth-order valence-electron chi connectivity index (χ4n) is 2.42. The van der Waals surface area contributed by atoms with Crippen LogP contribution in [-0.2, 0) is 6.54 Å². The first-order valence-corrected chi connectivity index (χ1v) is 6.23. The number of aliphatic hydroxyl groups is 1. The van der Waals surface area contributed by atoms with Gasteiger partial charge in [0.15, 0.2) is 0 Å². The van der Waals surface area contributed by atoms with E-state index in [4.69, 9.17) is 0 Å². The molecule has 1 aromatic heterocycles. The third kappa shape index (κ3) is 3.32. The summed E-state index contributed by atoms with van der Waals surface area (Å²) in [7, 11) is 0. The van der Waals surface area contributed by atoms with Crippen molar-refractivity contribution in [2.45, 2.75) is 44.8 Å². The second-order valence-corrected chi connectivity index (χ2v) is 4.63. The molecule has 1 aliphatic carbocycles. The number of aliphatic hydroxyl groups excluding tert-OH is 1. The topological polar surface area (TPSA) is 60.9 Å². The maximum atomic E-state index is 10.0. The van der Waals surface area contributed by atoms with Gasteiger partial charge in [-0.2, -0.15) is 0 Å². The van der Waals surface area contributed by atoms with Crippen molar-refractivity contribution < 1.29 is 5.11 Å². The Labute approximate surface area is 96.5 Å². The van der Waals surface area contributed by atoms with E-state index < -0.39 is 0 Å². The minimum atomic E-state index is -0.199. The van der Waals surface area contributed by atoms with Gasteiger partial charge in [0.2, 0.25) is 0 Å². The quantitative estimate of drug-likeness (QED) is 0.708. The summed E-state index contributed by atoms with van der Waals surface area (Å²) in [6.45, 7) is 1.38. The van der Waals surface area contributed by atoms with Gasteiger partial charge in [-0.25, -0.2) is 4.98 Å². The van der Waals surface area contributed by atoms with E-state index in [-0.39, 0.29) is 6.10 Å². The van der Waals surface area contributed by atoms with E-state index in [1.807, 2.05) is 6.20 Å². The average molecular weight is 223 g/mol. The van der Waals surface area contributed by atoms with Gasteiger partial charge < -0.3 is 15.4 Å². The second kappa shape index (κ2) is 6.01. The lowest BCUT2D eigenvalue weighted by Crippen LogP contribution is -2.33. The fraction of sp³-hybridized carbons (Fsp3) is 0.750. The zero-order valence-corrected chi connectivity index (χ0v) is 9.65. The van der Waals surface area contributed by atoms with Crippen molar-refractivity contribution in [3.05, 3.63) is 18.2 Å². The van der Waals surface area contributed by atoms with Gasteiger partial charge in [-0.05, 0) is 18.8 Å². The van der Waals surface area contributed by atoms with Crippen LogP contribution in [0, 0.1) is 5.92 Å². The van der Waals surface area contributed by atoms with Crippen molar-refractivity contribution in [2.24, 2.45) is 5.92 Å². The number of rotatable bonds is 5. The molecule has 0 aliphatic heterocycles. The van der Waals surface area contributed by atoms with Crippen LogP contribution in [0.15, 0.2) is 12.4 Å². The summed E-state index contributed by atoms with van der Waals surface area (Å²) < 4.78 is 0. The lowest BCUT2D eigenvalue weighted by molar-refractivity contribution is 0.0837. The Bertz CT molecular complexity index is 280. The Kier molecular flexibility index (Phi) is 4.36. The van der Waals surface area contributed by atoms with Crippen LogP contribution in [0.25, 0.3) is 0 Å². The van der Waals surface area contributed by atoms with E-state index in [1.54, 1.807) is 6.20 Å². The number of nitrogens with one attached hydrogen (secondary N) is 2. The normalized spacial score (nSPS) is 19.8. The lowest BCUT2D eigenvalue weighted by Gasteiger charge is -2.26. The Balaban J connectivity index is 1.65. The number of nitrogens with zero attached hydrogens (tertiary/aromatic N) is 1. The molecule has 0 spiro atoms. The van der Waals surface area contributed by atoms with E-state index in [0.717, 1.165) is 5.82 Å². The van der Waals surface area contributed by atoms with Gasteiger partial charge in [-0.15, -0.1) is 0 Å². The van der Waals surface area contributed by atoms with Crippen LogP contribution >= 0.6 is 0 Å². The van der Waals surface area contributed by atoms with Gasteiger partial charge in [0.1, 0.15) is 5.82 Å². The number of H-pyrrole nitrogens is 1. The second-order valence-electron chi connectivity index (χ2n) is 4.63. The summed E-state index contributed by atoms with van der Waals surface area (Å²) in [5, 5.41) is 13.3. The van der Waals surface area contributed by atoms with Crippen molar-refractivity contribution in [1.82, 2.24) is 15.3 Å². The molecule has 0 saturated heterocycles. The van der Waals surface area contributed by atoms with Crippen LogP contribution in [0.5, 0.6) is 0 Å². The van der Waals surface area contributed by atoms with E-state index in [0.29, 0.717) is 19.0 Å². The average Bonchev–Trinajstić information content (AvgIpc) is 2.83. The molecule has 1 unspecified atom stereocenters. The molecule has 90 valence electrons. The zero-order chi connectivity index (χ0) is 11.2. The molecule has 4 nitrogen and oxygen atoms in total. The van der Waals surface area contributed by atoms with Crippen LogP contribution in [0.3, 0.4) is 0 Å². The monoisotopic (exact) mass is 223 g/mol. The van der Waals surface area contributed by atoms with Gasteiger partial charge >= 0.3 is 0 Å². The van der Waals surface area contributed by atoms with Crippen molar-refractivity contribution in [3.8, 4) is 0 Å². The van der Waals surface area contributed by atoms with Crippen molar-refractivity contribution in [3.63, 3.8) is 0 Å². The molecule has 16 heavy (non-hydrogen) atoms. The molecule has 1 fully saturated rings. The maximum Gasteiger partial charge on any atom is 0.120 e. The molecule has 4 heteroatoms. The van der Waals surface area contributed by atoms with Crippen LogP contribution < -0.4 is 5.32 Å². The maximum absolute atomic E-state index is 10.0. The summed E-state index contributed by atoms with van der Waals surface area (Å²) in [5.41, 5.74) is 0. The summed E-state index contributed by atoms with van der Waals surface area (Å²) in [6, 6.07) is 0. The highest BCUT2D eigenvalue weighted by Gasteiger charge is 2.20. The highest BCUT2D eigenvalue weighted by Crippen LogP contribution is 2.26. The molecule has 0 bridgehead atoms. The first kappa shape index (κ1) is 11.6. The van der Waals surface area contributed by atoms with Crippen molar-refractivity contribution >= 4 is 0 Å². The van der Waals surface area contributed by atoms with E-state index in [9.17, 15) is 5.11 Å². The number of aromatic amines is 1. The first-order chi connectivity index (χ1) is 7.86. The minimum Gasteiger partial charge on any atom is -0.392 e. The van der Waals surface area contributed by atoms with Crippen molar-refractivity contribution in [1.29, 1.82) is 0 Å². The van der Waals surface area contributed by atoms with Gasteiger partial charge in [-0.1, -0.05) is 19.3 Å². The summed E-state index contributed by atoms with van der Waals surface area (Å²) in [5.74, 6) is 1.42. The molecule has 0 aromatic carbocycles. The lowest BCUT2D eigenvalue weighted by atomic mass is 9.85.